The molecule has 16 heteroatoms. The summed E-state index contributed by atoms with van der Waals surface area (Å²) in [6, 6.07) is 10.2. The van der Waals surface area contributed by atoms with Crippen molar-refractivity contribution in [2.45, 2.75) is 50.7 Å². The predicted molar refractivity (Wildman–Crippen MR) is 200 cm³/mol. The molecule has 1 aromatic heterocycles. The number of piperazine rings is 1. The molecule has 0 spiro atoms. The number of thiazole rings is 1. The molecule has 53 heavy (non-hydrogen) atoms. The van der Waals surface area contributed by atoms with Crippen molar-refractivity contribution in [3.05, 3.63) is 92.3 Å². The lowest BCUT2D eigenvalue weighted by atomic mass is 9.95. The number of Topliss-reactive ketones (excluding diaryl/α,β-unsaturated/α-hetero) is 1. The van der Waals surface area contributed by atoms with Gasteiger partial charge in [0, 0.05) is 79.2 Å². The van der Waals surface area contributed by atoms with E-state index in [1.165, 1.54) is 43.6 Å². The lowest BCUT2D eigenvalue weighted by Crippen LogP contribution is -2.53. The van der Waals surface area contributed by atoms with Gasteiger partial charge in [-0.05, 0) is 56.0 Å². The number of rotatable bonds is 14. The second-order valence-corrected chi connectivity index (χ2v) is 14.5. The molecule has 4 heterocycles. The van der Waals surface area contributed by atoms with Gasteiger partial charge in [0.05, 0.1) is 24.8 Å². The van der Waals surface area contributed by atoms with E-state index >= 15 is 0 Å². The molecule has 2 aromatic carbocycles. The third-order valence-electron chi connectivity index (χ3n) is 9.67. The van der Waals surface area contributed by atoms with Crippen LogP contribution in [0.3, 0.4) is 0 Å². The topological polar surface area (TPSA) is 163 Å². The fourth-order valence-corrected chi connectivity index (χ4v) is 7.62. The number of aliphatic imine (C=N–C) groups is 1. The molecule has 3 atom stereocenters. The van der Waals surface area contributed by atoms with E-state index in [0.29, 0.717) is 87.1 Å². The molecule has 0 radical (unpaired) electrons. The van der Waals surface area contributed by atoms with Crippen molar-refractivity contribution in [3.8, 4) is 0 Å². The van der Waals surface area contributed by atoms with Gasteiger partial charge in [-0.15, -0.1) is 11.3 Å². The highest BCUT2D eigenvalue weighted by Crippen LogP contribution is 2.37. The quantitative estimate of drug-likeness (QED) is 0.164. The molecule has 3 amide bonds. The number of aromatic nitrogens is 1. The van der Waals surface area contributed by atoms with Gasteiger partial charge in [-0.25, -0.2) is 19.0 Å². The summed E-state index contributed by atoms with van der Waals surface area (Å²) in [6.45, 7) is 4.37. The summed E-state index contributed by atoms with van der Waals surface area (Å²) >= 11 is 7.89. The summed E-state index contributed by atoms with van der Waals surface area (Å²) in [6.07, 6.45) is 3.72. The van der Waals surface area contributed by atoms with Crippen molar-refractivity contribution in [3.63, 3.8) is 0 Å². The number of hydrogen-bond donors (Lipinski definition) is 3. The van der Waals surface area contributed by atoms with Crippen LogP contribution in [0.5, 0.6) is 0 Å². The van der Waals surface area contributed by atoms with E-state index in [0.717, 1.165) is 11.3 Å². The van der Waals surface area contributed by atoms with Crippen LogP contribution in [-0.2, 0) is 25.5 Å². The Hall–Kier alpha value is -4.70. The number of ketones is 1. The van der Waals surface area contributed by atoms with Gasteiger partial charge in [0.25, 0.3) is 0 Å². The number of aryl methyl sites for hydroxylation is 1. The van der Waals surface area contributed by atoms with Crippen molar-refractivity contribution >= 4 is 58.2 Å². The maximum absolute atomic E-state index is 14.0. The average Bonchev–Trinajstić information content (AvgIpc) is 3.80. The van der Waals surface area contributed by atoms with Gasteiger partial charge >= 0.3 is 12.0 Å². The number of nitrogens with zero attached hydrogens (tertiary/aromatic N) is 5. The Kier molecular flexibility index (Phi) is 12.2. The first-order chi connectivity index (χ1) is 25.5. The Morgan fingerprint density at radius 1 is 1.17 bits per heavy atom. The zero-order valence-corrected chi connectivity index (χ0v) is 31.1. The number of amides is 3. The second kappa shape index (κ2) is 17.0. The van der Waals surface area contributed by atoms with E-state index in [9.17, 15) is 23.6 Å². The molecule has 0 bridgehead atoms. The molecule has 6 rings (SSSR count). The van der Waals surface area contributed by atoms with Gasteiger partial charge in [0.1, 0.15) is 17.6 Å². The molecule has 0 saturated carbocycles. The Bertz CT molecular complexity index is 1910. The second-order valence-electron chi connectivity index (χ2n) is 13.2. The first-order valence-corrected chi connectivity index (χ1v) is 18.7. The molecule has 3 aliphatic heterocycles. The summed E-state index contributed by atoms with van der Waals surface area (Å²) in [5.41, 5.74) is 8.79. The Labute approximate surface area is 316 Å². The van der Waals surface area contributed by atoms with Crippen molar-refractivity contribution < 1.29 is 28.3 Å². The summed E-state index contributed by atoms with van der Waals surface area (Å²) < 4.78 is 19.3. The van der Waals surface area contributed by atoms with Crippen molar-refractivity contribution in [1.82, 2.24) is 25.4 Å². The number of esters is 1. The van der Waals surface area contributed by atoms with Crippen LogP contribution in [0.25, 0.3) is 0 Å². The maximum Gasteiger partial charge on any atom is 0.338 e. The average molecular weight is 765 g/mol. The van der Waals surface area contributed by atoms with Crippen LogP contribution in [0.15, 0.2) is 70.3 Å². The van der Waals surface area contributed by atoms with Crippen LogP contribution >= 0.6 is 22.9 Å². The molecule has 280 valence electrons. The first-order valence-electron chi connectivity index (χ1n) is 17.5. The summed E-state index contributed by atoms with van der Waals surface area (Å²) in [7, 11) is 1.30. The Morgan fingerprint density at radius 2 is 1.96 bits per heavy atom. The summed E-state index contributed by atoms with van der Waals surface area (Å²) in [4.78, 5) is 65.6. The van der Waals surface area contributed by atoms with E-state index in [1.54, 1.807) is 11.1 Å². The number of halogens is 2. The molecular weight excluding hydrogens is 723 g/mol. The summed E-state index contributed by atoms with van der Waals surface area (Å²) in [5.74, 6) is -0.756. The van der Waals surface area contributed by atoms with Gasteiger partial charge in [0.2, 0.25) is 5.91 Å². The van der Waals surface area contributed by atoms with E-state index in [1.807, 2.05) is 34.5 Å². The van der Waals surface area contributed by atoms with Crippen LogP contribution in [0, 0.1) is 5.82 Å². The van der Waals surface area contributed by atoms with Crippen molar-refractivity contribution in [2.24, 2.45) is 10.7 Å². The summed E-state index contributed by atoms with van der Waals surface area (Å²) in [5, 5.41) is 8.79. The van der Waals surface area contributed by atoms with Crippen LogP contribution < -0.4 is 21.3 Å². The number of carbonyl (C=O) groups is 4. The van der Waals surface area contributed by atoms with Gasteiger partial charge in [0.15, 0.2) is 10.8 Å². The molecule has 3 aromatic rings. The smallest absolute Gasteiger partial charge is 0.338 e. The predicted octanol–water partition coefficient (Wildman–Crippen LogP) is 3.83. The molecule has 3 aliphatic rings. The number of carbonyl (C=O) groups excluding carboxylic acids is 4. The van der Waals surface area contributed by atoms with E-state index in [4.69, 9.17) is 27.1 Å². The first kappa shape index (κ1) is 38.0. The fourth-order valence-electron chi connectivity index (χ4n) is 6.76. The molecule has 2 fully saturated rings. The molecule has 4 N–H and O–H groups in total. The molecule has 0 unspecified atom stereocenters. The maximum atomic E-state index is 14.0. The largest absolute Gasteiger partial charge is 0.466 e. The molecule has 0 aliphatic carbocycles. The van der Waals surface area contributed by atoms with Gasteiger partial charge < -0.3 is 26.0 Å². The third-order valence-corrected chi connectivity index (χ3v) is 10.8. The lowest BCUT2D eigenvalue weighted by Gasteiger charge is -2.38. The van der Waals surface area contributed by atoms with Crippen LogP contribution in [0.4, 0.5) is 14.9 Å². The highest BCUT2D eigenvalue weighted by molar-refractivity contribution is 7.11. The zero-order chi connectivity index (χ0) is 37.6. The normalized spacial score (nSPS) is 19.4. The number of nitrogens with one attached hydrogen (secondary N) is 2. The lowest BCUT2D eigenvalue weighted by molar-refractivity contribution is -0.136. The minimum atomic E-state index is -0.865. The minimum absolute atomic E-state index is 0.0587. The number of methoxy groups -OCH3 is 1. The molecule has 2 saturated heterocycles. The number of anilines is 1. The van der Waals surface area contributed by atoms with Gasteiger partial charge in [-0.2, -0.15) is 0 Å². The van der Waals surface area contributed by atoms with Crippen molar-refractivity contribution in [2.75, 3.05) is 51.3 Å². The van der Waals surface area contributed by atoms with Gasteiger partial charge in [-0.1, -0.05) is 29.8 Å². The van der Waals surface area contributed by atoms with Gasteiger partial charge in [-0.3, -0.25) is 24.4 Å². The monoisotopic (exact) mass is 764 g/mol. The van der Waals surface area contributed by atoms with Crippen LogP contribution in [0.1, 0.15) is 48.4 Å². The highest BCUT2D eigenvalue weighted by atomic mass is 35.5. The number of fused-ring (bicyclic) bond motifs is 1. The standard InChI is InChI=1S/C37H42ClFN8O5S/c1-22(48)29(40)4-3-13-41-31(49)12-7-23-5-9-25(10-6-23)47-20-26-19-45(15-16-46(26)37(47)51)21-30-32(36(50)52-2)33(27-11-8-24(39)18-28(27)38)44-34(43-30)35-42-14-17-53-35/h5-6,8-11,14,17-18,26,29,33H,3-4,7,12-13,15-16,19-21,40H2,1-2H3,(H,41,49)(H,43,44)/t26-,29-,33-/m0/s1. The number of nitrogens with two attached hydrogens (primary N) is 1. The van der Waals surface area contributed by atoms with Crippen LogP contribution in [-0.4, -0.2) is 103 Å². The Balaban J connectivity index is 1.10. The minimum Gasteiger partial charge on any atom is -0.466 e. The van der Waals surface area contributed by atoms with E-state index in [-0.39, 0.29) is 34.4 Å². The number of benzene rings is 2. The van der Waals surface area contributed by atoms with E-state index in [2.05, 4.69) is 20.5 Å². The van der Waals surface area contributed by atoms with Crippen LogP contribution in [0.2, 0.25) is 5.02 Å². The number of urea groups is 1. The zero-order valence-electron chi connectivity index (χ0n) is 29.5. The SMILES string of the molecule is COC(=O)C1=C(CN2CCN3C(=O)N(c4ccc(CCC(=O)NCCC[C@H](N)C(C)=O)cc4)C[C@@H]3C2)NC(c2nccs2)=N[C@H]1c1ccc(F)cc1Cl. The Morgan fingerprint density at radius 3 is 2.66 bits per heavy atom. The molecular formula is C37H42ClFN8O5S. The fraction of sp³-hybridized carbons (Fsp3) is 0.405. The van der Waals surface area contributed by atoms with E-state index < -0.39 is 23.9 Å². The van der Waals surface area contributed by atoms with Crippen molar-refractivity contribution in [1.29, 1.82) is 0 Å². The highest BCUT2D eigenvalue weighted by Gasteiger charge is 2.42. The molecule has 13 nitrogen and oxygen atoms in total. The number of hydrogen-bond acceptors (Lipinski definition) is 11. The number of ether oxygens (including phenoxy) is 1. The number of amidine groups is 1. The third kappa shape index (κ3) is 8.92.